The number of H-pyrrole nitrogens is 1. The first-order valence-corrected chi connectivity index (χ1v) is 12.2. The second-order valence-electron chi connectivity index (χ2n) is 9.79. The van der Waals surface area contributed by atoms with Crippen LogP contribution in [0.3, 0.4) is 0 Å². The molecule has 2 aliphatic carbocycles. The zero-order valence-electron chi connectivity index (χ0n) is 19.3. The number of tetrazole rings is 1. The number of aromatic amines is 1. The minimum Gasteiger partial charge on any atom is -0.321 e. The molecule has 170 valence electrons. The molecule has 2 fully saturated rings. The largest absolute Gasteiger partial charge is 0.321 e. The number of aromatic nitrogens is 5. The summed E-state index contributed by atoms with van der Waals surface area (Å²) in [7, 11) is 0. The molecule has 3 aromatic rings. The molecule has 2 heterocycles. The van der Waals surface area contributed by atoms with Gasteiger partial charge in [0, 0.05) is 23.5 Å². The quantitative estimate of drug-likeness (QED) is 0.614. The third kappa shape index (κ3) is 4.22. The van der Waals surface area contributed by atoms with Crippen LogP contribution in [0, 0.1) is 13.8 Å². The van der Waals surface area contributed by atoms with Crippen LogP contribution in [0.5, 0.6) is 0 Å². The summed E-state index contributed by atoms with van der Waals surface area (Å²) in [5.74, 6) is 0.937. The molecule has 0 unspecified atom stereocenters. The summed E-state index contributed by atoms with van der Waals surface area (Å²) in [4.78, 5) is 18.7. The number of rotatable bonds is 6. The summed E-state index contributed by atoms with van der Waals surface area (Å²) in [5, 5.41) is 13.9. The van der Waals surface area contributed by atoms with E-state index < -0.39 is 0 Å². The standard InChI is InChI=1S/C25H34N6O/c1-17-12-13-18(2)24-22(17)14-19(25(32)26-24)15-30(20-8-4-3-5-9-20)16-23-27-28-29-31(23)21-10-6-7-11-21/h12-14,20-21H,3-11,15-16H2,1-2H3,(H,26,32). The van der Waals surface area contributed by atoms with Crippen molar-refractivity contribution >= 4 is 10.9 Å². The molecule has 0 atom stereocenters. The Balaban J connectivity index is 1.47. The van der Waals surface area contributed by atoms with Crippen LogP contribution in [0.15, 0.2) is 23.0 Å². The molecule has 0 saturated heterocycles. The molecule has 0 aliphatic heterocycles. The Morgan fingerprint density at radius 3 is 2.50 bits per heavy atom. The van der Waals surface area contributed by atoms with Gasteiger partial charge in [-0.15, -0.1) is 5.10 Å². The fourth-order valence-corrected chi connectivity index (χ4v) is 5.65. The van der Waals surface area contributed by atoms with Crippen LogP contribution in [-0.4, -0.2) is 36.1 Å². The lowest BCUT2D eigenvalue weighted by molar-refractivity contribution is 0.132. The van der Waals surface area contributed by atoms with E-state index in [0.29, 0.717) is 25.2 Å². The highest BCUT2D eigenvalue weighted by Crippen LogP contribution is 2.31. The molecule has 0 bridgehead atoms. The van der Waals surface area contributed by atoms with Crippen molar-refractivity contribution < 1.29 is 0 Å². The summed E-state index contributed by atoms with van der Waals surface area (Å²) in [6.07, 6.45) is 11.0. The highest BCUT2D eigenvalue weighted by Gasteiger charge is 2.27. The summed E-state index contributed by atoms with van der Waals surface area (Å²) in [5.41, 5.74) is 4.10. The molecule has 7 nitrogen and oxygen atoms in total. The Morgan fingerprint density at radius 1 is 1.00 bits per heavy atom. The van der Waals surface area contributed by atoms with Crippen LogP contribution < -0.4 is 5.56 Å². The molecule has 0 radical (unpaired) electrons. The number of benzene rings is 1. The molecule has 2 saturated carbocycles. The molecule has 5 rings (SSSR count). The number of hydrogen-bond donors (Lipinski definition) is 1. The summed E-state index contributed by atoms with van der Waals surface area (Å²) >= 11 is 0. The van der Waals surface area contributed by atoms with E-state index in [1.54, 1.807) is 0 Å². The molecule has 2 aromatic heterocycles. The maximum atomic E-state index is 13.1. The third-order valence-electron chi connectivity index (χ3n) is 7.56. The average molecular weight is 435 g/mol. The van der Waals surface area contributed by atoms with Crippen molar-refractivity contribution in [2.24, 2.45) is 0 Å². The van der Waals surface area contributed by atoms with Gasteiger partial charge in [0.05, 0.1) is 18.1 Å². The number of pyridine rings is 1. The van der Waals surface area contributed by atoms with Crippen molar-refractivity contribution in [3.63, 3.8) is 0 Å². The zero-order chi connectivity index (χ0) is 22.1. The first-order chi connectivity index (χ1) is 15.6. The van der Waals surface area contributed by atoms with Gasteiger partial charge in [0.2, 0.25) is 0 Å². The monoisotopic (exact) mass is 434 g/mol. The van der Waals surface area contributed by atoms with Crippen molar-refractivity contribution in [2.75, 3.05) is 0 Å². The minimum absolute atomic E-state index is 0.0161. The molecule has 7 heteroatoms. The second kappa shape index (κ2) is 9.14. The van der Waals surface area contributed by atoms with Crippen LogP contribution >= 0.6 is 0 Å². The maximum Gasteiger partial charge on any atom is 0.252 e. The van der Waals surface area contributed by atoms with E-state index in [9.17, 15) is 4.79 Å². The third-order valence-corrected chi connectivity index (χ3v) is 7.56. The van der Waals surface area contributed by atoms with Crippen molar-refractivity contribution in [2.45, 2.75) is 96.8 Å². The Hall–Kier alpha value is -2.54. The molecular weight excluding hydrogens is 400 g/mol. The van der Waals surface area contributed by atoms with Gasteiger partial charge in [-0.3, -0.25) is 9.69 Å². The van der Waals surface area contributed by atoms with Gasteiger partial charge in [-0.25, -0.2) is 4.68 Å². The Labute approximate surface area is 189 Å². The molecular formula is C25H34N6O. The Bertz CT molecular complexity index is 1140. The first-order valence-electron chi connectivity index (χ1n) is 12.2. The summed E-state index contributed by atoms with van der Waals surface area (Å²) < 4.78 is 2.06. The molecule has 0 spiro atoms. The van der Waals surface area contributed by atoms with E-state index in [-0.39, 0.29) is 5.56 Å². The van der Waals surface area contributed by atoms with Gasteiger partial charge in [-0.05, 0) is 67.2 Å². The molecule has 0 amide bonds. The van der Waals surface area contributed by atoms with Crippen molar-refractivity contribution in [3.8, 4) is 0 Å². The average Bonchev–Trinajstić information content (AvgIpc) is 3.49. The molecule has 2 aliphatic rings. The van der Waals surface area contributed by atoms with Crippen molar-refractivity contribution in [1.82, 2.24) is 30.1 Å². The normalized spacial score (nSPS) is 18.2. The van der Waals surface area contributed by atoms with E-state index in [4.69, 9.17) is 0 Å². The lowest BCUT2D eigenvalue weighted by Gasteiger charge is -2.34. The van der Waals surface area contributed by atoms with Crippen LogP contribution in [0.2, 0.25) is 0 Å². The number of hydrogen-bond acceptors (Lipinski definition) is 5. The fraction of sp³-hybridized carbons (Fsp3) is 0.600. The van der Waals surface area contributed by atoms with Gasteiger partial charge in [0.1, 0.15) is 0 Å². The number of nitrogens with one attached hydrogen (secondary N) is 1. The summed E-state index contributed by atoms with van der Waals surface area (Å²) in [6, 6.07) is 7.19. The van der Waals surface area contributed by atoms with Gasteiger partial charge in [-0.1, -0.05) is 44.2 Å². The highest BCUT2D eigenvalue weighted by molar-refractivity contribution is 5.85. The SMILES string of the molecule is Cc1ccc(C)c2[nH]c(=O)c(CN(Cc3nnnn3C3CCCC3)C3CCCCC3)cc12. The van der Waals surface area contributed by atoms with E-state index in [1.807, 2.05) is 0 Å². The zero-order valence-corrected chi connectivity index (χ0v) is 19.3. The number of fused-ring (bicyclic) bond motifs is 1. The lowest BCUT2D eigenvalue weighted by atomic mass is 9.93. The Morgan fingerprint density at radius 2 is 1.72 bits per heavy atom. The number of nitrogens with zero attached hydrogens (tertiary/aromatic N) is 5. The van der Waals surface area contributed by atoms with E-state index in [0.717, 1.165) is 40.7 Å². The Kier molecular flexibility index (Phi) is 6.09. The predicted octanol–water partition coefficient (Wildman–Crippen LogP) is 4.58. The van der Waals surface area contributed by atoms with Gasteiger partial charge >= 0.3 is 0 Å². The number of aryl methyl sites for hydroxylation is 2. The first kappa shape index (κ1) is 21.3. The van der Waals surface area contributed by atoms with E-state index in [1.165, 1.54) is 50.5 Å². The molecule has 32 heavy (non-hydrogen) atoms. The molecule has 1 N–H and O–H groups in total. The van der Waals surface area contributed by atoms with E-state index in [2.05, 4.69) is 62.1 Å². The second-order valence-corrected chi connectivity index (χ2v) is 9.79. The highest BCUT2D eigenvalue weighted by atomic mass is 16.1. The van der Waals surface area contributed by atoms with Crippen molar-refractivity contribution in [3.05, 3.63) is 51.1 Å². The van der Waals surface area contributed by atoms with Gasteiger partial charge < -0.3 is 4.98 Å². The minimum atomic E-state index is 0.0161. The maximum absolute atomic E-state index is 13.1. The lowest BCUT2D eigenvalue weighted by Crippen LogP contribution is -2.38. The summed E-state index contributed by atoms with van der Waals surface area (Å²) in [6.45, 7) is 5.48. The van der Waals surface area contributed by atoms with Crippen LogP contribution in [-0.2, 0) is 13.1 Å². The van der Waals surface area contributed by atoms with E-state index >= 15 is 0 Å². The molecule has 1 aromatic carbocycles. The predicted molar refractivity (Wildman–Crippen MR) is 125 cm³/mol. The van der Waals surface area contributed by atoms with Crippen LogP contribution in [0.25, 0.3) is 10.9 Å². The topological polar surface area (TPSA) is 79.7 Å². The van der Waals surface area contributed by atoms with Gasteiger partial charge in [0.15, 0.2) is 5.82 Å². The smallest absolute Gasteiger partial charge is 0.252 e. The van der Waals surface area contributed by atoms with Gasteiger partial charge in [0.25, 0.3) is 5.56 Å². The van der Waals surface area contributed by atoms with Crippen LogP contribution in [0.1, 0.15) is 86.3 Å². The van der Waals surface area contributed by atoms with Gasteiger partial charge in [-0.2, -0.15) is 0 Å². The van der Waals surface area contributed by atoms with Crippen LogP contribution in [0.4, 0.5) is 0 Å². The van der Waals surface area contributed by atoms with Crippen molar-refractivity contribution in [1.29, 1.82) is 0 Å². The fourth-order valence-electron chi connectivity index (χ4n) is 5.65.